The van der Waals surface area contributed by atoms with Gasteiger partial charge >= 0.3 is 18.9 Å². The summed E-state index contributed by atoms with van der Waals surface area (Å²) in [5.41, 5.74) is 6.08. The van der Waals surface area contributed by atoms with E-state index in [1.165, 1.54) is 47.4 Å². The Morgan fingerprint density at radius 2 is 1.33 bits per heavy atom. The normalized spacial score (nSPS) is 10.1. The molecule has 0 aliphatic rings. The van der Waals surface area contributed by atoms with Crippen molar-refractivity contribution in [3.63, 3.8) is 0 Å². The van der Waals surface area contributed by atoms with E-state index in [4.69, 9.17) is 0 Å². The predicted molar refractivity (Wildman–Crippen MR) is 113 cm³/mol. The van der Waals surface area contributed by atoms with Crippen molar-refractivity contribution in [2.75, 3.05) is 0 Å². The molecule has 0 spiro atoms. The molecule has 0 bridgehead atoms. The molecule has 0 aliphatic heterocycles. The topological polar surface area (TPSA) is 0 Å². The minimum absolute atomic E-state index is 0. The monoisotopic (exact) mass is 346 g/mol. The number of hydrogen-bond acceptors (Lipinski definition) is 0. The standard InChI is InChI=1S/C26H27.Li/c1-3-4-7-19-26(23-15-10-6-11-16-23)25-18-12-17-24(20-25)21(2)22-13-8-5-9-14-22;/h5-6,8-18,20H,2-4,7,19H2,1H3;/q-1;+1. The number of rotatable bonds is 8. The van der Waals surface area contributed by atoms with Crippen molar-refractivity contribution < 1.29 is 18.9 Å². The molecule has 1 heteroatoms. The predicted octanol–water partition coefficient (Wildman–Crippen LogP) is 4.30. The molecule has 0 radical (unpaired) electrons. The van der Waals surface area contributed by atoms with Crippen molar-refractivity contribution in [1.82, 2.24) is 0 Å². The molecule has 0 unspecified atom stereocenters. The molecule has 0 amide bonds. The maximum atomic E-state index is 4.33. The third-order valence-corrected chi connectivity index (χ3v) is 4.83. The summed E-state index contributed by atoms with van der Waals surface area (Å²) in [5, 5.41) is 0. The van der Waals surface area contributed by atoms with Gasteiger partial charge in [-0.3, -0.25) is 0 Å². The second kappa shape index (κ2) is 10.9. The second-order valence-electron chi connectivity index (χ2n) is 6.73. The van der Waals surface area contributed by atoms with Crippen LogP contribution in [-0.4, -0.2) is 0 Å². The van der Waals surface area contributed by atoms with Gasteiger partial charge in [0.05, 0.1) is 0 Å². The smallest absolute Gasteiger partial charge is 0.120 e. The average molecular weight is 346 g/mol. The molecule has 3 rings (SSSR count). The summed E-state index contributed by atoms with van der Waals surface area (Å²) in [7, 11) is 0. The van der Waals surface area contributed by atoms with Crippen LogP contribution in [0.3, 0.4) is 0 Å². The van der Waals surface area contributed by atoms with E-state index in [0.29, 0.717) is 0 Å². The van der Waals surface area contributed by atoms with E-state index in [2.05, 4.69) is 92.4 Å². The van der Waals surface area contributed by atoms with Gasteiger partial charge in [-0.15, -0.1) is 41.3 Å². The molecule has 132 valence electrons. The maximum Gasteiger partial charge on any atom is 1.00 e. The van der Waals surface area contributed by atoms with Crippen molar-refractivity contribution in [2.45, 2.75) is 32.6 Å². The Labute approximate surface area is 176 Å². The Kier molecular flexibility index (Phi) is 8.53. The number of hydrogen-bond donors (Lipinski definition) is 0. The average Bonchev–Trinajstić information content (AvgIpc) is 2.72. The van der Waals surface area contributed by atoms with Crippen LogP contribution in [0.25, 0.3) is 5.57 Å². The van der Waals surface area contributed by atoms with Crippen molar-refractivity contribution in [3.05, 3.63) is 120 Å². The molecule has 0 saturated carbocycles. The molecule has 0 atom stereocenters. The van der Waals surface area contributed by atoms with E-state index in [0.717, 1.165) is 12.0 Å². The Hall–Kier alpha value is -2.13. The first-order chi connectivity index (χ1) is 12.8. The quantitative estimate of drug-likeness (QED) is 0.324. The minimum atomic E-state index is 0. The Morgan fingerprint density at radius 1 is 0.741 bits per heavy atom. The third kappa shape index (κ3) is 5.67. The molecule has 0 aliphatic carbocycles. The van der Waals surface area contributed by atoms with Crippen LogP contribution in [-0.2, 0) is 0 Å². The van der Waals surface area contributed by atoms with Crippen LogP contribution in [0.2, 0.25) is 0 Å². The first-order valence-electron chi connectivity index (χ1n) is 9.56. The van der Waals surface area contributed by atoms with Gasteiger partial charge in [0, 0.05) is 0 Å². The van der Waals surface area contributed by atoms with Crippen LogP contribution in [0.5, 0.6) is 0 Å². The van der Waals surface area contributed by atoms with E-state index in [9.17, 15) is 0 Å². The first-order valence-corrected chi connectivity index (χ1v) is 9.56. The fraction of sp³-hybridized carbons (Fsp3) is 0.192. The maximum absolute atomic E-state index is 4.33. The summed E-state index contributed by atoms with van der Waals surface area (Å²) in [4.78, 5) is 0. The SMILES string of the molecule is C=C(c1ccccc1)c1cccc([C-](CCCCC)c2ccccc2)c1.[Li+]. The van der Waals surface area contributed by atoms with Gasteiger partial charge < -0.3 is 0 Å². The molecular formula is C26H27Li. The van der Waals surface area contributed by atoms with Gasteiger partial charge in [-0.05, 0) is 11.1 Å². The minimum Gasteiger partial charge on any atom is -0.120 e. The van der Waals surface area contributed by atoms with Crippen molar-refractivity contribution in [1.29, 1.82) is 0 Å². The summed E-state index contributed by atoms with van der Waals surface area (Å²) >= 11 is 0. The van der Waals surface area contributed by atoms with Crippen molar-refractivity contribution in [2.24, 2.45) is 0 Å². The fourth-order valence-corrected chi connectivity index (χ4v) is 3.35. The zero-order valence-electron chi connectivity index (χ0n) is 16.6. The van der Waals surface area contributed by atoms with Crippen LogP contribution < -0.4 is 18.9 Å². The van der Waals surface area contributed by atoms with Crippen LogP contribution in [0.15, 0.2) is 91.5 Å². The van der Waals surface area contributed by atoms with Crippen LogP contribution in [0, 0.1) is 5.92 Å². The first kappa shape index (κ1) is 21.2. The zero-order valence-corrected chi connectivity index (χ0v) is 16.6. The number of unbranched alkanes of at least 4 members (excludes halogenated alkanes) is 2. The third-order valence-electron chi connectivity index (χ3n) is 4.83. The molecule has 0 saturated heterocycles. The van der Waals surface area contributed by atoms with Gasteiger partial charge in [0.15, 0.2) is 0 Å². The largest absolute Gasteiger partial charge is 1.00 e. The molecular weight excluding hydrogens is 319 g/mol. The van der Waals surface area contributed by atoms with Crippen LogP contribution in [0.4, 0.5) is 0 Å². The van der Waals surface area contributed by atoms with Gasteiger partial charge in [-0.1, -0.05) is 105 Å². The van der Waals surface area contributed by atoms with E-state index in [-0.39, 0.29) is 18.9 Å². The molecule has 27 heavy (non-hydrogen) atoms. The van der Waals surface area contributed by atoms with Crippen LogP contribution >= 0.6 is 0 Å². The van der Waals surface area contributed by atoms with Crippen LogP contribution in [0.1, 0.15) is 54.9 Å². The molecule has 0 heterocycles. The zero-order chi connectivity index (χ0) is 18.2. The summed E-state index contributed by atoms with van der Waals surface area (Å²) < 4.78 is 0. The van der Waals surface area contributed by atoms with Gasteiger partial charge in [0.1, 0.15) is 0 Å². The molecule has 3 aromatic rings. The second-order valence-corrected chi connectivity index (χ2v) is 6.73. The molecule has 0 nitrogen and oxygen atoms in total. The van der Waals surface area contributed by atoms with E-state index < -0.39 is 0 Å². The van der Waals surface area contributed by atoms with E-state index in [1.807, 2.05) is 6.07 Å². The molecule has 0 N–H and O–H groups in total. The van der Waals surface area contributed by atoms with Crippen molar-refractivity contribution in [3.8, 4) is 0 Å². The summed E-state index contributed by atoms with van der Waals surface area (Å²) in [6.07, 6.45) is 4.85. The Balaban J connectivity index is 0.00000261. The summed E-state index contributed by atoms with van der Waals surface area (Å²) in [6.45, 7) is 6.59. The van der Waals surface area contributed by atoms with Gasteiger partial charge in [-0.2, -0.15) is 0 Å². The number of benzene rings is 3. The fourth-order valence-electron chi connectivity index (χ4n) is 3.35. The Bertz CT molecular complexity index is 821. The van der Waals surface area contributed by atoms with Gasteiger partial charge in [-0.25, -0.2) is 0 Å². The van der Waals surface area contributed by atoms with Gasteiger partial charge in [0.2, 0.25) is 0 Å². The van der Waals surface area contributed by atoms with E-state index in [1.54, 1.807) is 0 Å². The molecule has 0 aromatic heterocycles. The summed E-state index contributed by atoms with van der Waals surface area (Å²) in [5.74, 6) is 1.43. The molecule has 0 fully saturated rings. The molecule has 3 aromatic carbocycles. The van der Waals surface area contributed by atoms with Crippen molar-refractivity contribution >= 4 is 5.57 Å². The summed E-state index contributed by atoms with van der Waals surface area (Å²) in [6, 6.07) is 30.0. The van der Waals surface area contributed by atoms with Gasteiger partial charge in [0.25, 0.3) is 0 Å². The van der Waals surface area contributed by atoms with E-state index >= 15 is 0 Å². The Morgan fingerprint density at radius 3 is 2.00 bits per heavy atom.